The van der Waals surface area contributed by atoms with E-state index in [1.54, 1.807) is 38.4 Å². The Labute approximate surface area is 118 Å². The van der Waals surface area contributed by atoms with Gasteiger partial charge in [-0.2, -0.15) is 12.6 Å². The SMILES string of the molecule is COc1ccc(N(C)C(=O)C(CS)NC(C)=O)cc1. The smallest absolute Gasteiger partial charge is 0.250 e. The lowest BCUT2D eigenvalue weighted by atomic mass is 10.2. The quantitative estimate of drug-likeness (QED) is 0.795. The molecule has 0 fully saturated rings. The molecule has 19 heavy (non-hydrogen) atoms. The van der Waals surface area contributed by atoms with Gasteiger partial charge in [-0.3, -0.25) is 9.59 Å². The predicted molar refractivity (Wildman–Crippen MR) is 77.9 cm³/mol. The number of nitrogens with zero attached hydrogens (tertiary/aromatic N) is 1. The van der Waals surface area contributed by atoms with E-state index in [2.05, 4.69) is 17.9 Å². The second-order valence-corrected chi connectivity index (χ2v) is 4.40. The molecule has 104 valence electrons. The molecular formula is C13H18N2O3S. The van der Waals surface area contributed by atoms with Crippen LogP contribution in [0.5, 0.6) is 5.75 Å². The number of ether oxygens (including phenoxy) is 1. The van der Waals surface area contributed by atoms with Crippen molar-refractivity contribution in [2.45, 2.75) is 13.0 Å². The van der Waals surface area contributed by atoms with E-state index in [-0.39, 0.29) is 17.6 Å². The average molecular weight is 282 g/mol. The number of anilines is 1. The summed E-state index contributed by atoms with van der Waals surface area (Å²) in [7, 11) is 3.24. The summed E-state index contributed by atoms with van der Waals surface area (Å²) >= 11 is 4.09. The van der Waals surface area contributed by atoms with Crippen molar-refractivity contribution in [3.05, 3.63) is 24.3 Å². The summed E-state index contributed by atoms with van der Waals surface area (Å²) in [6.07, 6.45) is 0. The summed E-state index contributed by atoms with van der Waals surface area (Å²) in [6.45, 7) is 1.37. The zero-order valence-corrected chi connectivity index (χ0v) is 12.1. The van der Waals surface area contributed by atoms with Crippen LogP contribution in [-0.4, -0.2) is 37.8 Å². The first-order valence-corrected chi connectivity index (χ1v) is 6.42. The average Bonchev–Trinajstić information content (AvgIpc) is 2.43. The number of methoxy groups -OCH3 is 1. The Kier molecular flexibility index (Phi) is 5.69. The van der Waals surface area contributed by atoms with Gasteiger partial charge in [0.1, 0.15) is 11.8 Å². The second kappa shape index (κ2) is 7.04. The predicted octanol–water partition coefficient (Wildman–Crippen LogP) is 1.09. The van der Waals surface area contributed by atoms with Crippen LogP contribution in [0.3, 0.4) is 0 Å². The van der Waals surface area contributed by atoms with E-state index in [1.165, 1.54) is 11.8 Å². The number of likely N-dealkylation sites (N-methyl/N-ethyl adjacent to an activating group) is 1. The summed E-state index contributed by atoms with van der Waals surface area (Å²) in [6, 6.07) is 6.47. The number of carbonyl (C=O) groups is 2. The lowest BCUT2D eigenvalue weighted by molar-refractivity contribution is -0.125. The monoisotopic (exact) mass is 282 g/mol. The van der Waals surface area contributed by atoms with Crippen molar-refractivity contribution in [1.82, 2.24) is 5.32 Å². The molecule has 0 spiro atoms. The van der Waals surface area contributed by atoms with Crippen molar-refractivity contribution in [3.63, 3.8) is 0 Å². The molecule has 0 aliphatic carbocycles. The summed E-state index contributed by atoms with van der Waals surface area (Å²) in [5, 5.41) is 2.57. The number of thiol groups is 1. The number of hydrogen-bond donors (Lipinski definition) is 2. The Balaban J connectivity index is 2.81. The molecule has 1 unspecified atom stereocenters. The van der Waals surface area contributed by atoms with E-state index < -0.39 is 6.04 Å². The molecule has 0 aromatic heterocycles. The maximum absolute atomic E-state index is 12.2. The molecule has 0 bridgehead atoms. The first-order chi connectivity index (χ1) is 8.99. The number of benzene rings is 1. The molecule has 1 aromatic carbocycles. The molecule has 0 saturated carbocycles. The van der Waals surface area contributed by atoms with Gasteiger partial charge in [0.05, 0.1) is 7.11 Å². The first kappa shape index (κ1) is 15.4. The summed E-state index contributed by atoms with van der Waals surface area (Å²) in [4.78, 5) is 24.7. The highest BCUT2D eigenvalue weighted by molar-refractivity contribution is 7.80. The van der Waals surface area contributed by atoms with Crippen molar-refractivity contribution in [3.8, 4) is 5.75 Å². The third kappa shape index (κ3) is 4.17. The molecule has 0 aliphatic heterocycles. The van der Waals surface area contributed by atoms with E-state index in [0.717, 1.165) is 11.4 Å². The van der Waals surface area contributed by atoms with Crippen molar-refractivity contribution in [2.75, 3.05) is 24.8 Å². The molecule has 6 heteroatoms. The summed E-state index contributed by atoms with van der Waals surface area (Å²) in [5.41, 5.74) is 0.725. The fourth-order valence-electron chi connectivity index (χ4n) is 1.60. The van der Waals surface area contributed by atoms with E-state index in [9.17, 15) is 9.59 Å². The highest BCUT2D eigenvalue weighted by Gasteiger charge is 2.22. The minimum absolute atomic E-state index is 0.213. The van der Waals surface area contributed by atoms with Gasteiger partial charge in [-0.15, -0.1) is 0 Å². The Morgan fingerprint density at radius 2 is 1.95 bits per heavy atom. The first-order valence-electron chi connectivity index (χ1n) is 5.79. The van der Waals surface area contributed by atoms with Crippen LogP contribution < -0.4 is 15.0 Å². The van der Waals surface area contributed by atoms with Gasteiger partial charge >= 0.3 is 0 Å². The van der Waals surface area contributed by atoms with Crippen LogP contribution in [0.2, 0.25) is 0 Å². The van der Waals surface area contributed by atoms with Crippen molar-refractivity contribution in [1.29, 1.82) is 0 Å². The maximum atomic E-state index is 12.2. The van der Waals surface area contributed by atoms with E-state index in [4.69, 9.17) is 4.74 Å². The molecule has 0 radical (unpaired) electrons. The molecule has 2 amide bonds. The lowest BCUT2D eigenvalue weighted by Crippen LogP contribution is -2.48. The molecule has 5 nitrogen and oxygen atoms in total. The second-order valence-electron chi connectivity index (χ2n) is 4.03. The summed E-state index contributed by atoms with van der Waals surface area (Å²) in [5.74, 6) is 0.502. The zero-order valence-electron chi connectivity index (χ0n) is 11.2. The minimum atomic E-state index is -0.632. The van der Waals surface area contributed by atoms with Crippen molar-refractivity contribution >= 4 is 30.1 Å². The number of nitrogens with one attached hydrogen (secondary N) is 1. The molecule has 0 saturated heterocycles. The standard InChI is InChI=1S/C13H18N2O3S/c1-9(16)14-12(8-19)13(17)15(2)10-4-6-11(18-3)7-5-10/h4-7,12,19H,8H2,1-3H3,(H,14,16). The van der Waals surface area contributed by atoms with E-state index in [1.807, 2.05) is 0 Å². The number of amides is 2. The number of carbonyl (C=O) groups excluding carboxylic acids is 2. The van der Waals surface area contributed by atoms with Gasteiger partial charge in [0.15, 0.2) is 0 Å². The molecular weight excluding hydrogens is 264 g/mol. The summed E-state index contributed by atoms with van der Waals surface area (Å²) < 4.78 is 5.06. The Hall–Kier alpha value is -1.69. The van der Waals surface area contributed by atoms with Gasteiger partial charge in [-0.25, -0.2) is 0 Å². The number of hydrogen-bond acceptors (Lipinski definition) is 4. The van der Waals surface area contributed by atoms with Crippen LogP contribution >= 0.6 is 12.6 Å². The van der Waals surface area contributed by atoms with Gasteiger partial charge in [-0.05, 0) is 24.3 Å². The van der Waals surface area contributed by atoms with Crippen LogP contribution in [0, 0.1) is 0 Å². The molecule has 1 rings (SSSR count). The van der Waals surface area contributed by atoms with Crippen molar-refractivity contribution in [2.24, 2.45) is 0 Å². The van der Waals surface area contributed by atoms with Crippen LogP contribution in [0.25, 0.3) is 0 Å². The lowest BCUT2D eigenvalue weighted by Gasteiger charge is -2.23. The van der Waals surface area contributed by atoms with Crippen LogP contribution in [0.4, 0.5) is 5.69 Å². The highest BCUT2D eigenvalue weighted by atomic mass is 32.1. The zero-order chi connectivity index (χ0) is 14.4. The third-order valence-corrected chi connectivity index (χ3v) is 3.01. The van der Waals surface area contributed by atoms with Crippen molar-refractivity contribution < 1.29 is 14.3 Å². The Morgan fingerprint density at radius 1 is 1.37 bits per heavy atom. The third-order valence-electron chi connectivity index (χ3n) is 2.65. The largest absolute Gasteiger partial charge is 0.497 e. The Bertz CT molecular complexity index is 448. The van der Waals surface area contributed by atoms with E-state index in [0.29, 0.717) is 0 Å². The molecule has 0 heterocycles. The van der Waals surface area contributed by atoms with E-state index >= 15 is 0 Å². The molecule has 1 aromatic rings. The molecule has 0 aliphatic rings. The fraction of sp³-hybridized carbons (Fsp3) is 0.385. The van der Waals surface area contributed by atoms with Crippen LogP contribution in [0.1, 0.15) is 6.92 Å². The Morgan fingerprint density at radius 3 is 2.37 bits per heavy atom. The maximum Gasteiger partial charge on any atom is 0.250 e. The molecule has 1 atom stereocenters. The van der Waals surface area contributed by atoms with Crippen LogP contribution in [-0.2, 0) is 9.59 Å². The van der Waals surface area contributed by atoms with Gasteiger partial charge in [0, 0.05) is 25.4 Å². The van der Waals surface area contributed by atoms with Crippen LogP contribution in [0.15, 0.2) is 24.3 Å². The van der Waals surface area contributed by atoms with Gasteiger partial charge in [0.2, 0.25) is 11.8 Å². The fourth-order valence-corrected chi connectivity index (χ4v) is 1.85. The van der Waals surface area contributed by atoms with Gasteiger partial charge in [0.25, 0.3) is 0 Å². The van der Waals surface area contributed by atoms with Gasteiger partial charge < -0.3 is 15.0 Å². The topological polar surface area (TPSA) is 58.6 Å². The van der Waals surface area contributed by atoms with Gasteiger partial charge in [-0.1, -0.05) is 0 Å². The normalized spacial score (nSPS) is 11.6. The highest BCUT2D eigenvalue weighted by Crippen LogP contribution is 2.18. The molecule has 1 N–H and O–H groups in total. The number of rotatable bonds is 5. The minimum Gasteiger partial charge on any atom is -0.497 e.